The van der Waals surface area contributed by atoms with Gasteiger partial charge < -0.3 is 35.5 Å². The zero-order chi connectivity index (χ0) is 34.4. The van der Waals surface area contributed by atoms with Gasteiger partial charge in [0.05, 0.1) is 0 Å². The van der Waals surface area contributed by atoms with E-state index in [0.717, 1.165) is 0 Å². The average Bonchev–Trinajstić information content (AvgIpc) is 2.87. The molecule has 0 aliphatic heterocycles. The number of urea groups is 2. The first-order valence-electron chi connectivity index (χ1n) is 15.0. The van der Waals surface area contributed by atoms with E-state index in [-0.39, 0.29) is 19.3 Å². The summed E-state index contributed by atoms with van der Waals surface area (Å²) in [6.07, 6.45) is 6.32. The van der Waals surface area contributed by atoms with E-state index < -0.39 is 58.9 Å². The molecule has 1 aromatic carbocycles. The first-order chi connectivity index (χ1) is 20.7. The van der Waals surface area contributed by atoms with Gasteiger partial charge >= 0.3 is 30.0 Å². The van der Waals surface area contributed by atoms with Crippen molar-refractivity contribution in [3.63, 3.8) is 0 Å². The number of carbonyl (C=O) groups excluding carboxylic acids is 5. The molecule has 12 heteroatoms. The summed E-state index contributed by atoms with van der Waals surface area (Å²) in [6.45, 7) is 15.7. The first kappa shape index (κ1) is 38.8. The van der Waals surface area contributed by atoms with Gasteiger partial charge in [0.2, 0.25) is 0 Å². The largest absolute Gasteiger partial charge is 0.460 e. The van der Waals surface area contributed by atoms with Crippen molar-refractivity contribution in [3.8, 4) is 12.3 Å². The second kappa shape index (κ2) is 17.3. The monoisotopic (exact) mass is 630 g/mol. The molecular formula is C33H50N4O8. The summed E-state index contributed by atoms with van der Waals surface area (Å²) in [7, 11) is 0. The summed E-state index contributed by atoms with van der Waals surface area (Å²) in [6, 6.07) is 3.43. The van der Waals surface area contributed by atoms with Crippen molar-refractivity contribution in [1.29, 1.82) is 0 Å². The number of nitrogens with one attached hydrogen (secondary N) is 4. The van der Waals surface area contributed by atoms with E-state index >= 15 is 0 Å². The predicted molar refractivity (Wildman–Crippen MR) is 171 cm³/mol. The summed E-state index contributed by atoms with van der Waals surface area (Å²) in [4.78, 5) is 63.4. The van der Waals surface area contributed by atoms with Crippen LogP contribution in [0.2, 0.25) is 0 Å². The Morgan fingerprint density at radius 2 is 1.29 bits per heavy atom. The molecule has 0 saturated carbocycles. The third kappa shape index (κ3) is 18.2. The smallest absolute Gasteiger partial charge is 0.329 e. The molecule has 12 nitrogen and oxygen atoms in total. The number of hydrogen-bond donors (Lipinski definition) is 4. The highest BCUT2D eigenvalue weighted by Gasteiger charge is 2.31. The first-order valence-corrected chi connectivity index (χ1v) is 15.0. The van der Waals surface area contributed by atoms with E-state index in [0.29, 0.717) is 30.6 Å². The summed E-state index contributed by atoms with van der Waals surface area (Å²) < 4.78 is 16.3. The Bertz CT molecular complexity index is 1220. The molecule has 0 aromatic heterocycles. The maximum Gasteiger partial charge on any atom is 0.329 e. The molecule has 0 heterocycles. The molecule has 250 valence electrons. The number of esters is 3. The number of unbranched alkanes of at least 4 members (excludes halogenated alkanes) is 1. The van der Waals surface area contributed by atoms with Crippen LogP contribution in [-0.4, -0.2) is 65.4 Å². The zero-order valence-corrected chi connectivity index (χ0v) is 28.1. The highest BCUT2D eigenvalue weighted by molar-refractivity contribution is 5.89. The summed E-state index contributed by atoms with van der Waals surface area (Å²) in [5, 5.41) is 10.6. The number of benzene rings is 1. The third-order valence-corrected chi connectivity index (χ3v) is 5.54. The van der Waals surface area contributed by atoms with Gasteiger partial charge in [0.1, 0.15) is 28.9 Å². The topological polar surface area (TPSA) is 161 Å². The van der Waals surface area contributed by atoms with Crippen molar-refractivity contribution < 1.29 is 38.2 Å². The second-order valence-electron chi connectivity index (χ2n) is 13.5. The number of ether oxygens (including phenoxy) is 3. The van der Waals surface area contributed by atoms with Crippen LogP contribution in [0.3, 0.4) is 0 Å². The average molecular weight is 631 g/mol. The van der Waals surface area contributed by atoms with Gasteiger partial charge in [-0.3, -0.25) is 4.79 Å². The van der Waals surface area contributed by atoms with Crippen molar-refractivity contribution in [2.75, 3.05) is 11.9 Å². The number of carbonyl (C=O) groups is 5. The molecule has 4 amide bonds. The van der Waals surface area contributed by atoms with E-state index in [9.17, 15) is 24.0 Å². The predicted octanol–water partition coefficient (Wildman–Crippen LogP) is 4.80. The van der Waals surface area contributed by atoms with Crippen LogP contribution in [0.5, 0.6) is 0 Å². The van der Waals surface area contributed by atoms with Gasteiger partial charge in [-0.1, -0.05) is 12.0 Å². The lowest BCUT2D eigenvalue weighted by molar-refractivity contribution is -0.159. The molecule has 1 rings (SSSR count). The molecule has 2 atom stereocenters. The van der Waals surface area contributed by atoms with Crippen molar-refractivity contribution in [2.45, 2.75) is 123 Å². The molecule has 0 bridgehead atoms. The Balaban J connectivity index is 2.82. The molecule has 0 fully saturated rings. The van der Waals surface area contributed by atoms with Gasteiger partial charge in [0.25, 0.3) is 0 Å². The lowest BCUT2D eigenvalue weighted by Gasteiger charge is -2.27. The molecule has 0 spiro atoms. The van der Waals surface area contributed by atoms with Crippen molar-refractivity contribution in [1.82, 2.24) is 16.0 Å². The minimum Gasteiger partial charge on any atom is -0.460 e. The maximum absolute atomic E-state index is 13.0. The highest BCUT2D eigenvalue weighted by atomic mass is 16.6. The van der Waals surface area contributed by atoms with Gasteiger partial charge in [0, 0.05) is 24.2 Å². The minimum absolute atomic E-state index is 0.0743. The molecular weight excluding hydrogens is 580 g/mol. The lowest BCUT2D eigenvalue weighted by atomic mass is 10.1. The number of anilines is 1. The number of terminal acetylenes is 1. The Hall–Kier alpha value is -4.27. The van der Waals surface area contributed by atoms with Gasteiger partial charge in [-0.25, -0.2) is 19.2 Å². The zero-order valence-electron chi connectivity index (χ0n) is 28.1. The SMILES string of the molecule is C#Cc1cccc(NC(=O)NCCCC[C@H](NC(=O)N[C@@H](CCC(=O)OC(C)(C)C)C(=O)OC(C)(C)C)C(=O)OC(C)(C)C)c1. The highest BCUT2D eigenvalue weighted by Crippen LogP contribution is 2.15. The molecule has 0 radical (unpaired) electrons. The van der Waals surface area contributed by atoms with E-state index in [1.807, 2.05) is 0 Å². The second-order valence-corrected chi connectivity index (χ2v) is 13.5. The molecule has 45 heavy (non-hydrogen) atoms. The molecule has 4 N–H and O–H groups in total. The fourth-order valence-electron chi connectivity index (χ4n) is 3.79. The van der Waals surface area contributed by atoms with E-state index in [2.05, 4.69) is 27.2 Å². The summed E-state index contributed by atoms with van der Waals surface area (Å²) in [5.41, 5.74) is -1.17. The van der Waals surface area contributed by atoms with Crippen LogP contribution in [-0.2, 0) is 28.6 Å². The van der Waals surface area contributed by atoms with Gasteiger partial charge in [-0.05, 0) is 106 Å². The van der Waals surface area contributed by atoms with Gasteiger partial charge in [0.15, 0.2) is 0 Å². The van der Waals surface area contributed by atoms with Crippen LogP contribution in [0.1, 0.15) is 100.0 Å². The number of hydrogen-bond acceptors (Lipinski definition) is 8. The summed E-state index contributed by atoms with van der Waals surface area (Å²) >= 11 is 0. The fraction of sp³-hybridized carbons (Fsp3) is 0.606. The number of rotatable bonds is 13. The van der Waals surface area contributed by atoms with Crippen LogP contribution >= 0.6 is 0 Å². The maximum atomic E-state index is 13.0. The molecule has 0 saturated heterocycles. The Labute approximate surface area is 267 Å². The van der Waals surface area contributed by atoms with Crippen LogP contribution in [0.25, 0.3) is 0 Å². The standard InChI is InChI=1S/C33H50N4O8/c1-11-22-15-14-16-23(21-22)35-29(41)34-20-13-12-17-24(27(39)44-32(5,6)7)36-30(42)37-25(28(40)45-33(8,9)10)18-19-26(38)43-31(2,3)4/h1,14-16,21,24-25H,12-13,17-20H2,2-10H3,(H2,34,35,41)(H2,36,37,42)/t24-,25-/m0/s1. The minimum atomic E-state index is -1.18. The van der Waals surface area contributed by atoms with E-state index in [1.165, 1.54) is 0 Å². The van der Waals surface area contributed by atoms with Gasteiger partial charge in [-0.2, -0.15) is 0 Å². The van der Waals surface area contributed by atoms with Crippen molar-refractivity contribution in [3.05, 3.63) is 29.8 Å². The van der Waals surface area contributed by atoms with Crippen LogP contribution in [0, 0.1) is 12.3 Å². The van der Waals surface area contributed by atoms with Crippen molar-refractivity contribution >= 4 is 35.7 Å². The lowest BCUT2D eigenvalue weighted by Crippen LogP contribution is -2.53. The van der Waals surface area contributed by atoms with E-state index in [1.54, 1.807) is 86.6 Å². The molecule has 0 aliphatic rings. The Kier molecular flexibility index (Phi) is 14.9. The molecule has 0 unspecified atom stereocenters. The number of amides is 4. The molecule has 1 aromatic rings. The van der Waals surface area contributed by atoms with Crippen molar-refractivity contribution in [2.24, 2.45) is 0 Å². The quantitative estimate of drug-likeness (QED) is 0.105. The van der Waals surface area contributed by atoms with Crippen LogP contribution in [0.4, 0.5) is 15.3 Å². The normalized spacial score (nSPS) is 12.9. The summed E-state index contributed by atoms with van der Waals surface area (Å²) in [5.74, 6) is 0.586. The Morgan fingerprint density at radius 3 is 1.80 bits per heavy atom. The third-order valence-electron chi connectivity index (χ3n) is 5.54. The van der Waals surface area contributed by atoms with Crippen LogP contribution in [0.15, 0.2) is 24.3 Å². The van der Waals surface area contributed by atoms with Gasteiger partial charge in [-0.15, -0.1) is 6.42 Å². The van der Waals surface area contributed by atoms with E-state index in [4.69, 9.17) is 20.6 Å². The Morgan fingerprint density at radius 1 is 0.756 bits per heavy atom. The molecule has 0 aliphatic carbocycles. The fourth-order valence-corrected chi connectivity index (χ4v) is 3.79. The van der Waals surface area contributed by atoms with Crippen LogP contribution < -0.4 is 21.3 Å².